The molecule has 0 radical (unpaired) electrons. The van der Waals surface area contributed by atoms with E-state index in [4.69, 9.17) is 4.98 Å². The molecule has 1 aliphatic heterocycles. The van der Waals surface area contributed by atoms with Crippen LogP contribution in [0.15, 0.2) is 53.6 Å². The summed E-state index contributed by atoms with van der Waals surface area (Å²) in [6, 6.07) is 12.7. The van der Waals surface area contributed by atoms with Crippen molar-refractivity contribution < 1.29 is 4.79 Å². The topological polar surface area (TPSA) is 81.8 Å². The van der Waals surface area contributed by atoms with Crippen molar-refractivity contribution in [3.05, 3.63) is 70.5 Å². The Kier molecular flexibility index (Phi) is 4.35. The van der Waals surface area contributed by atoms with Crippen LogP contribution in [0.3, 0.4) is 0 Å². The molecule has 1 amide bonds. The van der Waals surface area contributed by atoms with Crippen LogP contribution in [0.2, 0.25) is 0 Å². The zero-order valence-corrected chi connectivity index (χ0v) is 16.0. The van der Waals surface area contributed by atoms with E-state index in [0.29, 0.717) is 23.0 Å². The molecule has 0 unspecified atom stereocenters. The maximum atomic E-state index is 12.9. The summed E-state index contributed by atoms with van der Waals surface area (Å²) in [6.45, 7) is 0.715. The van der Waals surface area contributed by atoms with E-state index in [9.17, 15) is 9.59 Å². The fourth-order valence-corrected chi connectivity index (χ4v) is 3.96. The van der Waals surface area contributed by atoms with E-state index in [2.05, 4.69) is 10.4 Å². The number of rotatable bonds is 2. The first-order chi connectivity index (χ1) is 14.2. The minimum Gasteiger partial charge on any atom is -0.296 e. The molecule has 0 saturated heterocycles. The standard InChI is InChI=1S/C22H21N5O2/c28-21(25-27-14-23-17-7-4-5-8-19(17)27)15-10-11-16-18(13-15)24-20-9-3-1-2-6-12-26(20)22(16)29/h4-5,7-8,10-11,13-14H,1-3,6,9,12H2,(H,25,28). The van der Waals surface area contributed by atoms with Gasteiger partial charge in [0, 0.05) is 18.5 Å². The fourth-order valence-electron chi connectivity index (χ4n) is 3.96. The van der Waals surface area contributed by atoms with E-state index in [1.165, 1.54) is 0 Å². The Morgan fingerprint density at radius 1 is 1.00 bits per heavy atom. The number of imidazole rings is 1. The second-order valence-electron chi connectivity index (χ2n) is 7.43. The zero-order valence-electron chi connectivity index (χ0n) is 16.0. The Morgan fingerprint density at radius 3 is 2.79 bits per heavy atom. The van der Waals surface area contributed by atoms with Crippen LogP contribution >= 0.6 is 0 Å². The van der Waals surface area contributed by atoms with Crippen LogP contribution in [0, 0.1) is 0 Å². The molecular weight excluding hydrogens is 366 g/mol. The highest BCUT2D eigenvalue weighted by Gasteiger charge is 2.15. The summed E-state index contributed by atoms with van der Waals surface area (Å²) in [5, 5.41) is 0.555. The van der Waals surface area contributed by atoms with Gasteiger partial charge >= 0.3 is 0 Å². The van der Waals surface area contributed by atoms with Gasteiger partial charge in [-0.3, -0.25) is 19.6 Å². The first-order valence-corrected chi connectivity index (χ1v) is 9.98. The van der Waals surface area contributed by atoms with Gasteiger partial charge in [0.05, 0.1) is 21.9 Å². The van der Waals surface area contributed by atoms with Gasteiger partial charge in [-0.2, -0.15) is 0 Å². The first kappa shape index (κ1) is 17.6. The van der Waals surface area contributed by atoms with Crippen molar-refractivity contribution >= 4 is 27.8 Å². The third-order valence-corrected chi connectivity index (χ3v) is 5.50. The smallest absolute Gasteiger partial charge is 0.270 e. The highest BCUT2D eigenvalue weighted by atomic mass is 16.2. The number of hydrogen-bond acceptors (Lipinski definition) is 4. The summed E-state index contributed by atoms with van der Waals surface area (Å²) in [5.41, 5.74) is 5.49. The average Bonchev–Trinajstić information content (AvgIpc) is 3.12. The van der Waals surface area contributed by atoms with Gasteiger partial charge in [-0.25, -0.2) is 14.6 Å². The minimum absolute atomic E-state index is 0.0144. The van der Waals surface area contributed by atoms with Crippen molar-refractivity contribution in [3.8, 4) is 0 Å². The number of nitrogens with zero attached hydrogens (tertiary/aromatic N) is 4. The van der Waals surface area contributed by atoms with E-state index in [0.717, 1.165) is 49.0 Å². The Labute approximate surface area is 167 Å². The molecule has 0 atom stereocenters. The van der Waals surface area contributed by atoms with E-state index >= 15 is 0 Å². The van der Waals surface area contributed by atoms with Crippen LogP contribution < -0.4 is 11.0 Å². The largest absolute Gasteiger partial charge is 0.296 e. The number of hydrogen-bond donors (Lipinski definition) is 1. The van der Waals surface area contributed by atoms with Gasteiger partial charge in [0.1, 0.15) is 12.2 Å². The summed E-state index contributed by atoms with van der Waals surface area (Å²) in [4.78, 5) is 34.8. The maximum absolute atomic E-state index is 12.9. The Bertz CT molecular complexity index is 1290. The molecule has 29 heavy (non-hydrogen) atoms. The number of carbonyl (C=O) groups excluding carboxylic acids is 1. The molecule has 0 aliphatic carbocycles. The second-order valence-corrected chi connectivity index (χ2v) is 7.43. The number of aromatic nitrogens is 4. The van der Waals surface area contributed by atoms with E-state index in [1.54, 1.807) is 33.8 Å². The van der Waals surface area contributed by atoms with Crippen LogP contribution in [0.25, 0.3) is 21.9 Å². The minimum atomic E-state index is -0.274. The number of benzene rings is 2. The number of aryl methyl sites for hydroxylation is 1. The quantitative estimate of drug-likeness (QED) is 0.572. The summed E-state index contributed by atoms with van der Waals surface area (Å²) in [7, 11) is 0. The summed E-state index contributed by atoms with van der Waals surface area (Å²) in [6.07, 6.45) is 6.71. The fraction of sp³-hybridized carbons (Fsp3) is 0.273. The number of nitrogens with one attached hydrogen (secondary N) is 1. The lowest BCUT2D eigenvalue weighted by Gasteiger charge is -2.16. The molecular formula is C22H21N5O2. The molecule has 0 fully saturated rings. The van der Waals surface area contributed by atoms with Crippen molar-refractivity contribution in [3.63, 3.8) is 0 Å². The molecule has 3 heterocycles. The lowest BCUT2D eigenvalue weighted by molar-refractivity contribution is 0.101. The third kappa shape index (κ3) is 3.18. The van der Waals surface area contributed by atoms with Crippen LogP contribution in [-0.2, 0) is 13.0 Å². The highest BCUT2D eigenvalue weighted by molar-refractivity contribution is 6.03. The van der Waals surface area contributed by atoms with Crippen molar-refractivity contribution in [2.45, 2.75) is 38.6 Å². The third-order valence-electron chi connectivity index (χ3n) is 5.50. The van der Waals surface area contributed by atoms with Gasteiger partial charge < -0.3 is 0 Å². The van der Waals surface area contributed by atoms with E-state index < -0.39 is 0 Å². The normalized spacial score (nSPS) is 14.3. The molecule has 1 N–H and O–H groups in total. The highest BCUT2D eigenvalue weighted by Crippen LogP contribution is 2.17. The second kappa shape index (κ2) is 7.16. The van der Waals surface area contributed by atoms with Crippen molar-refractivity contribution in [2.24, 2.45) is 0 Å². The Hall–Kier alpha value is -3.48. The van der Waals surface area contributed by atoms with Crippen molar-refractivity contribution in [1.82, 2.24) is 19.2 Å². The van der Waals surface area contributed by atoms with E-state index in [-0.39, 0.29) is 11.5 Å². The van der Waals surface area contributed by atoms with Gasteiger partial charge in [0.15, 0.2) is 0 Å². The number of para-hydroxylation sites is 2. The van der Waals surface area contributed by atoms with Crippen LogP contribution in [0.1, 0.15) is 41.9 Å². The molecule has 1 aliphatic rings. The molecule has 0 bridgehead atoms. The van der Waals surface area contributed by atoms with Crippen molar-refractivity contribution in [2.75, 3.05) is 5.43 Å². The summed E-state index contributed by atoms with van der Waals surface area (Å²) in [5.74, 6) is 0.545. The summed E-state index contributed by atoms with van der Waals surface area (Å²) >= 11 is 0. The molecule has 7 nitrogen and oxygen atoms in total. The Balaban J connectivity index is 1.51. The number of carbonyl (C=O) groups is 1. The van der Waals surface area contributed by atoms with Gasteiger partial charge in [0.25, 0.3) is 11.5 Å². The Morgan fingerprint density at radius 2 is 1.86 bits per heavy atom. The summed E-state index contributed by atoms with van der Waals surface area (Å²) < 4.78 is 3.41. The molecule has 5 rings (SSSR count). The molecule has 0 saturated carbocycles. The van der Waals surface area contributed by atoms with Crippen molar-refractivity contribution in [1.29, 1.82) is 0 Å². The average molecular weight is 387 g/mol. The molecule has 7 heteroatoms. The monoisotopic (exact) mass is 387 g/mol. The van der Waals surface area contributed by atoms with Crippen LogP contribution in [0.5, 0.6) is 0 Å². The predicted octanol–water partition coefficient (Wildman–Crippen LogP) is 3.25. The molecule has 2 aromatic heterocycles. The molecule has 4 aromatic rings. The predicted molar refractivity (Wildman–Crippen MR) is 112 cm³/mol. The number of fused-ring (bicyclic) bond motifs is 3. The van der Waals surface area contributed by atoms with Gasteiger partial charge in [-0.15, -0.1) is 0 Å². The lowest BCUT2D eigenvalue weighted by atomic mass is 10.1. The maximum Gasteiger partial charge on any atom is 0.270 e. The van der Waals surface area contributed by atoms with Gasteiger partial charge in [-0.05, 0) is 43.2 Å². The first-order valence-electron chi connectivity index (χ1n) is 9.98. The van der Waals surface area contributed by atoms with Crippen LogP contribution in [-0.4, -0.2) is 25.1 Å². The van der Waals surface area contributed by atoms with Crippen LogP contribution in [0.4, 0.5) is 0 Å². The molecule has 2 aromatic carbocycles. The van der Waals surface area contributed by atoms with Gasteiger partial charge in [0.2, 0.25) is 0 Å². The lowest BCUT2D eigenvalue weighted by Crippen LogP contribution is -2.27. The zero-order chi connectivity index (χ0) is 19.8. The SMILES string of the molecule is O=C(Nn1cnc2ccccc21)c1ccc2c(=O)n3c(nc2c1)CCCCCC3. The van der Waals surface area contributed by atoms with Gasteiger partial charge in [-0.1, -0.05) is 25.0 Å². The van der Waals surface area contributed by atoms with E-state index in [1.807, 2.05) is 24.3 Å². The molecule has 146 valence electrons. The molecule has 0 spiro atoms. The number of amides is 1.